The van der Waals surface area contributed by atoms with Crippen LogP contribution in [0.5, 0.6) is 0 Å². The highest BCUT2D eigenvalue weighted by Gasteiger charge is 2.15. The maximum absolute atomic E-state index is 9.77. The van der Waals surface area contributed by atoms with Gasteiger partial charge >= 0.3 is 0 Å². The third kappa shape index (κ3) is 6.16. The normalized spacial score (nSPS) is 20.8. The van der Waals surface area contributed by atoms with E-state index in [2.05, 4.69) is 19.2 Å². The Morgan fingerprint density at radius 3 is 2.47 bits per heavy atom. The minimum atomic E-state index is -0.144. The Labute approximate surface area is 94.5 Å². The van der Waals surface area contributed by atoms with Gasteiger partial charge in [-0.05, 0) is 18.8 Å². The Kier molecular flexibility index (Phi) is 6.26. The minimum Gasteiger partial charge on any atom is -0.392 e. The highest BCUT2D eigenvalue weighted by atomic mass is 16.3. The first-order valence-corrected chi connectivity index (χ1v) is 6.60. The van der Waals surface area contributed by atoms with Gasteiger partial charge in [0, 0.05) is 12.6 Å². The second-order valence-corrected chi connectivity index (χ2v) is 5.30. The van der Waals surface area contributed by atoms with Gasteiger partial charge in [-0.15, -0.1) is 0 Å². The smallest absolute Gasteiger partial charge is 0.0664 e. The highest BCUT2D eigenvalue weighted by Crippen LogP contribution is 2.27. The molecule has 0 heterocycles. The SMILES string of the molecule is CC(C)NCC(O)CCC1CCCCC1. The van der Waals surface area contributed by atoms with Crippen LogP contribution in [0.15, 0.2) is 0 Å². The molecule has 0 aromatic carbocycles. The van der Waals surface area contributed by atoms with E-state index in [1.807, 2.05) is 0 Å². The molecule has 1 saturated carbocycles. The van der Waals surface area contributed by atoms with Gasteiger partial charge in [0.25, 0.3) is 0 Å². The summed E-state index contributed by atoms with van der Waals surface area (Å²) in [4.78, 5) is 0. The molecule has 0 spiro atoms. The molecular formula is C13H27NO. The van der Waals surface area contributed by atoms with Gasteiger partial charge in [-0.25, -0.2) is 0 Å². The molecule has 0 saturated heterocycles. The van der Waals surface area contributed by atoms with Crippen molar-refractivity contribution >= 4 is 0 Å². The second-order valence-electron chi connectivity index (χ2n) is 5.30. The number of hydrogen-bond acceptors (Lipinski definition) is 2. The van der Waals surface area contributed by atoms with Crippen molar-refractivity contribution in [3.05, 3.63) is 0 Å². The third-order valence-corrected chi connectivity index (χ3v) is 3.39. The topological polar surface area (TPSA) is 32.3 Å². The van der Waals surface area contributed by atoms with Crippen LogP contribution in [0.4, 0.5) is 0 Å². The molecule has 1 aliphatic rings. The first-order valence-electron chi connectivity index (χ1n) is 6.60. The molecule has 90 valence electrons. The summed E-state index contributed by atoms with van der Waals surface area (Å²) in [5.41, 5.74) is 0. The van der Waals surface area contributed by atoms with E-state index in [0.29, 0.717) is 6.04 Å². The maximum Gasteiger partial charge on any atom is 0.0664 e. The van der Waals surface area contributed by atoms with Gasteiger partial charge in [0.1, 0.15) is 0 Å². The molecule has 15 heavy (non-hydrogen) atoms. The molecule has 0 aliphatic heterocycles. The van der Waals surface area contributed by atoms with Gasteiger partial charge in [-0.1, -0.05) is 46.0 Å². The lowest BCUT2D eigenvalue weighted by Crippen LogP contribution is -2.32. The number of hydrogen-bond donors (Lipinski definition) is 2. The van der Waals surface area contributed by atoms with Crippen LogP contribution in [-0.2, 0) is 0 Å². The summed E-state index contributed by atoms with van der Waals surface area (Å²) in [6.45, 7) is 4.99. The molecule has 1 unspecified atom stereocenters. The van der Waals surface area contributed by atoms with Gasteiger partial charge in [-0.3, -0.25) is 0 Å². The van der Waals surface area contributed by atoms with Crippen LogP contribution in [-0.4, -0.2) is 23.8 Å². The van der Waals surface area contributed by atoms with Crippen LogP contribution in [0.3, 0.4) is 0 Å². The molecule has 2 heteroatoms. The van der Waals surface area contributed by atoms with Crippen molar-refractivity contribution in [3.8, 4) is 0 Å². The molecule has 1 aliphatic carbocycles. The largest absolute Gasteiger partial charge is 0.392 e. The van der Waals surface area contributed by atoms with Gasteiger partial charge in [0.05, 0.1) is 6.10 Å². The van der Waals surface area contributed by atoms with Crippen LogP contribution in [0.25, 0.3) is 0 Å². The summed E-state index contributed by atoms with van der Waals surface area (Å²) in [7, 11) is 0. The number of aliphatic hydroxyl groups excluding tert-OH is 1. The lowest BCUT2D eigenvalue weighted by Gasteiger charge is -2.23. The van der Waals surface area contributed by atoms with Crippen LogP contribution >= 0.6 is 0 Å². The average Bonchev–Trinajstić information content (AvgIpc) is 2.25. The molecule has 2 N–H and O–H groups in total. The van der Waals surface area contributed by atoms with Crippen molar-refractivity contribution < 1.29 is 5.11 Å². The zero-order valence-corrected chi connectivity index (χ0v) is 10.3. The van der Waals surface area contributed by atoms with E-state index in [1.54, 1.807) is 0 Å². The quantitative estimate of drug-likeness (QED) is 0.711. The molecule has 2 nitrogen and oxygen atoms in total. The fraction of sp³-hybridized carbons (Fsp3) is 1.00. The third-order valence-electron chi connectivity index (χ3n) is 3.39. The first-order chi connectivity index (χ1) is 7.18. The Balaban J connectivity index is 2.02. The van der Waals surface area contributed by atoms with Crippen molar-refractivity contribution in [2.75, 3.05) is 6.54 Å². The number of aliphatic hydroxyl groups is 1. The Morgan fingerprint density at radius 1 is 1.20 bits per heavy atom. The first kappa shape index (κ1) is 13.0. The standard InChI is InChI=1S/C13H27NO/c1-11(2)14-10-13(15)9-8-12-6-4-3-5-7-12/h11-15H,3-10H2,1-2H3. The molecule has 1 atom stereocenters. The van der Waals surface area contributed by atoms with Crippen molar-refractivity contribution in [1.29, 1.82) is 0 Å². The lowest BCUT2D eigenvalue weighted by atomic mass is 9.85. The molecule has 0 bridgehead atoms. The molecular weight excluding hydrogens is 186 g/mol. The summed E-state index contributed by atoms with van der Waals surface area (Å²) < 4.78 is 0. The number of rotatable bonds is 6. The number of nitrogens with one attached hydrogen (secondary N) is 1. The van der Waals surface area contributed by atoms with E-state index >= 15 is 0 Å². The molecule has 0 amide bonds. The minimum absolute atomic E-state index is 0.144. The Hall–Kier alpha value is -0.0800. The van der Waals surface area contributed by atoms with Crippen LogP contribution in [0.2, 0.25) is 0 Å². The van der Waals surface area contributed by atoms with Crippen molar-refractivity contribution in [1.82, 2.24) is 5.32 Å². The molecule has 0 aromatic rings. The van der Waals surface area contributed by atoms with E-state index in [4.69, 9.17) is 0 Å². The van der Waals surface area contributed by atoms with E-state index in [9.17, 15) is 5.11 Å². The van der Waals surface area contributed by atoms with Gasteiger partial charge in [0.2, 0.25) is 0 Å². The summed E-state index contributed by atoms with van der Waals surface area (Å²) >= 11 is 0. The molecule has 1 fully saturated rings. The fourth-order valence-corrected chi connectivity index (χ4v) is 2.38. The summed E-state index contributed by atoms with van der Waals surface area (Å²) in [5.74, 6) is 0.896. The van der Waals surface area contributed by atoms with Crippen LogP contribution in [0, 0.1) is 5.92 Å². The van der Waals surface area contributed by atoms with E-state index in [1.165, 1.54) is 38.5 Å². The summed E-state index contributed by atoms with van der Waals surface area (Å²) in [6, 6.07) is 0.481. The second kappa shape index (κ2) is 7.24. The highest BCUT2D eigenvalue weighted by molar-refractivity contribution is 4.69. The van der Waals surface area contributed by atoms with Crippen LogP contribution in [0.1, 0.15) is 58.8 Å². The molecule has 1 rings (SSSR count). The summed E-state index contributed by atoms with van der Waals surface area (Å²) in [6.07, 6.45) is 9.08. The molecule has 0 aromatic heterocycles. The predicted octanol–water partition coefficient (Wildman–Crippen LogP) is 2.71. The monoisotopic (exact) mass is 213 g/mol. The van der Waals surface area contributed by atoms with Gasteiger partial charge < -0.3 is 10.4 Å². The summed E-state index contributed by atoms with van der Waals surface area (Å²) in [5, 5.41) is 13.0. The lowest BCUT2D eigenvalue weighted by molar-refractivity contribution is 0.144. The van der Waals surface area contributed by atoms with Gasteiger partial charge in [-0.2, -0.15) is 0 Å². The maximum atomic E-state index is 9.77. The van der Waals surface area contributed by atoms with Crippen molar-refractivity contribution in [2.45, 2.75) is 70.9 Å². The Bertz CT molecular complexity index is 153. The molecule has 0 radical (unpaired) electrons. The van der Waals surface area contributed by atoms with Gasteiger partial charge in [0.15, 0.2) is 0 Å². The van der Waals surface area contributed by atoms with Crippen molar-refractivity contribution in [2.24, 2.45) is 5.92 Å². The van der Waals surface area contributed by atoms with E-state index < -0.39 is 0 Å². The van der Waals surface area contributed by atoms with E-state index in [0.717, 1.165) is 18.9 Å². The zero-order chi connectivity index (χ0) is 11.1. The fourth-order valence-electron chi connectivity index (χ4n) is 2.38. The predicted molar refractivity (Wildman–Crippen MR) is 65.0 cm³/mol. The van der Waals surface area contributed by atoms with Crippen LogP contribution < -0.4 is 5.32 Å². The Morgan fingerprint density at radius 2 is 1.87 bits per heavy atom. The zero-order valence-electron chi connectivity index (χ0n) is 10.3. The van der Waals surface area contributed by atoms with E-state index in [-0.39, 0.29) is 6.10 Å². The average molecular weight is 213 g/mol. The van der Waals surface area contributed by atoms with Crippen molar-refractivity contribution in [3.63, 3.8) is 0 Å².